The molecule has 0 aliphatic carbocycles. The highest BCUT2D eigenvalue weighted by Gasteiger charge is 2.54. The predicted molar refractivity (Wildman–Crippen MR) is 113 cm³/mol. The van der Waals surface area contributed by atoms with Gasteiger partial charge in [0.05, 0.1) is 48.5 Å². The Morgan fingerprint density at radius 2 is 2.00 bits per heavy atom. The van der Waals surface area contributed by atoms with E-state index in [2.05, 4.69) is 10.3 Å². The molecule has 3 aromatic rings. The number of likely N-dealkylation sites (tertiary alicyclic amines) is 1. The van der Waals surface area contributed by atoms with E-state index in [4.69, 9.17) is 4.74 Å². The van der Waals surface area contributed by atoms with E-state index in [0.29, 0.717) is 6.07 Å². The van der Waals surface area contributed by atoms with Crippen molar-refractivity contribution in [2.24, 2.45) is 0 Å². The zero-order chi connectivity index (χ0) is 22.5. The minimum Gasteiger partial charge on any atom is -0.369 e. The molecule has 2 aliphatic heterocycles. The van der Waals surface area contributed by atoms with Crippen LogP contribution in [0.1, 0.15) is 0 Å². The predicted octanol–water partition coefficient (Wildman–Crippen LogP) is 2.41. The normalized spacial score (nSPS) is 21.4. The number of sulfone groups is 1. The number of imidazole rings is 1. The molecule has 0 bridgehead atoms. The molecule has 1 spiro atoms. The molecule has 1 atom stereocenters. The Hall–Kier alpha value is -3.05. The number of benzene rings is 2. The second-order valence-electron chi connectivity index (χ2n) is 8.22. The lowest BCUT2D eigenvalue weighted by Crippen LogP contribution is -2.71. The number of hydrogen-bond donors (Lipinski definition) is 1. The molecule has 1 aromatic heterocycles. The van der Waals surface area contributed by atoms with Gasteiger partial charge in [0.2, 0.25) is 0 Å². The van der Waals surface area contributed by atoms with Gasteiger partial charge in [0, 0.05) is 12.6 Å². The summed E-state index contributed by atoms with van der Waals surface area (Å²) in [4.78, 5) is 18.0. The quantitative estimate of drug-likeness (QED) is 0.645. The monoisotopic (exact) mass is 462 g/mol. The van der Waals surface area contributed by atoms with Crippen molar-refractivity contribution in [3.63, 3.8) is 0 Å². The molecule has 0 unspecified atom stereocenters. The van der Waals surface area contributed by atoms with E-state index in [0.717, 1.165) is 23.2 Å². The van der Waals surface area contributed by atoms with Crippen LogP contribution in [0.25, 0.3) is 11.0 Å². The number of carbonyl (C=O) groups excluding carboxylic acids is 1. The largest absolute Gasteiger partial charge is 0.369 e. The summed E-state index contributed by atoms with van der Waals surface area (Å²) in [5.41, 5.74) is 0.520. The molecule has 8 nitrogen and oxygen atoms in total. The van der Waals surface area contributed by atoms with Gasteiger partial charge < -0.3 is 19.5 Å². The number of urea groups is 1. The smallest absolute Gasteiger partial charge is 0.322 e. The number of para-hydroxylation sites is 2. The van der Waals surface area contributed by atoms with Crippen molar-refractivity contribution in [2.45, 2.75) is 17.4 Å². The summed E-state index contributed by atoms with van der Waals surface area (Å²) in [5, 5.41) is 1.65. The van der Waals surface area contributed by atoms with Crippen LogP contribution >= 0.6 is 0 Å². The number of nitrogens with one attached hydrogen (secondary N) is 1. The van der Waals surface area contributed by atoms with E-state index < -0.39 is 38.4 Å². The van der Waals surface area contributed by atoms with Gasteiger partial charge in [-0.15, -0.1) is 0 Å². The Labute approximate surface area is 182 Å². The van der Waals surface area contributed by atoms with Crippen molar-refractivity contribution in [1.29, 1.82) is 0 Å². The summed E-state index contributed by atoms with van der Waals surface area (Å²) in [6.45, 7) is 0.382. The molecular weight excluding hydrogens is 442 g/mol. The fourth-order valence-corrected chi connectivity index (χ4v) is 6.10. The summed E-state index contributed by atoms with van der Waals surface area (Å²) >= 11 is 0. The van der Waals surface area contributed by atoms with Crippen molar-refractivity contribution in [3.05, 3.63) is 60.4 Å². The van der Waals surface area contributed by atoms with Gasteiger partial charge in [-0.05, 0) is 24.3 Å². The average molecular weight is 462 g/mol. The molecule has 2 fully saturated rings. The molecule has 2 aliphatic rings. The summed E-state index contributed by atoms with van der Waals surface area (Å²) < 4.78 is 60.5. The summed E-state index contributed by atoms with van der Waals surface area (Å²) in [5.74, 6) is -1.84. The first-order valence-electron chi connectivity index (χ1n) is 10.0. The van der Waals surface area contributed by atoms with Gasteiger partial charge in [-0.25, -0.2) is 27.0 Å². The zero-order valence-corrected chi connectivity index (χ0v) is 17.7. The molecule has 5 rings (SSSR count). The summed E-state index contributed by atoms with van der Waals surface area (Å²) in [7, 11) is -3.49. The molecule has 3 heterocycles. The molecule has 1 N–H and O–H groups in total. The van der Waals surface area contributed by atoms with Crippen LogP contribution in [-0.4, -0.2) is 65.2 Å². The third kappa shape index (κ3) is 3.71. The first-order chi connectivity index (χ1) is 15.2. The minimum absolute atomic E-state index is 0.0108. The van der Waals surface area contributed by atoms with Crippen LogP contribution in [0.3, 0.4) is 0 Å². The SMILES string of the molecule is O=C(Nc1ccc(F)cc1F)N1CC2(C1)CS(=O)(=O)[C@@H](Cn1cnc3ccccc31)CO2. The molecule has 2 amide bonds. The van der Waals surface area contributed by atoms with E-state index in [-0.39, 0.29) is 37.7 Å². The Morgan fingerprint density at radius 1 is 1.22 bits per heavy atom. The minimum atomic E-state index is -3.49. The number of anilines is 1. The number of nitrogens with zero attached hydrogens (tertiary/aromatic N) is 3. The second kappa shape index (κ2) is 7.52. The van der Waals surface area contributed by atoms with Crippen molar-refractivity contribution < 1.29 is 26.7 Å². The zero-order valence-electron chi connectivity index (χ0n) is 16.9. The molecule has 168 valence electrons. The average Bonchev–Trinajstić information content (AvgIpc) is 3.12. The Morgan fingerprint density at radius 3 is 2.75 bits per heavy atom. The number of fused-ring (bicyclic) bond motifs is 1. The lowest BCUT2D eigenvalue weighted by Gasteiger charge is -2.51. The molecule has 0 saturated carbocycles. The third-order valence-electron chi connectivity index (χ3n) is 5.89. The van der Waals surface area contributed by atoms with Crippen LogP contribution in [0.2, 0.25) is 0 Å². The lowest BCUT2D eigenvalue weighted by molar-refractivity contribution is -0.117. The highest BCUT2D eigenvalue weighted by atomic mass is 32.2. The van der Waals surface area contributed by atoms with Crippen LogP contribution in [0.5, 0.6) is 0 Å². The maximum Gasteiger partial charge on any atom is 0.322 e. The third-order valence-corrected chi connectivity index (χ3v) is 8.12. The molecule has 2 aromatic carbocycles. The number of aromatic nitrogens is 2. The van der Waals surface area contributed by atoms with Crippen LogP contribution in [0, 0.1) is 11.6 Å². The first-order valence-corrected chi connectivity index (χ1v) is 11.7. The molecular formula is C21H20F2N4O4S. The second-order valence-corrected chi connectivity index (χ2v) is 10.5. The maximum atomic E-state index is 13.8. The van der Waals surface area contributed by atoms with Gasteiger partial charge in [0.1, 0.15) is 22.5 Å². The van der Waals surface area contributed by atoms with Crippen LogP contribution in [0.15, 0.2) is 48.8 Å². The number of ether oxygens (including phenoxy) is 1. The van der Waals surface area contributed by atoms with Gasteiger partial charge >= 0.3 is 6.03 Å². The first kappa shape index (κ1) is 20.8. The van der Waals surface area contributed by atoms with Crippen LogP contribution in [0.4, 0.5) is 19.3 Å². The Bertz CT molecular complexity index is 1300. The van der Waals surface area contributed by atoms with Crippen molar-refractivity contribution >= 4 is 32.6 Å². The van der Waals surface area contributed by atoms with E-state index in [1.165, 1.54) is 4.90 Å². The van der Waals surface area contributed by atoms with E-state index >= 15 is 0 Å². The van der Waals surface area contributed by atoms with Gasteiger partial charge in [-0.2, -0.15) is 0 Å². The highest BCUT2D eigenvalue weighted by Crippen LogP contribution is 2.34. The number of carbonyl (C=O) groups is 1. The molecule has 2 saturated heterocycles. The maximum absolute atomic E-state index is 13.8. The van der Waals surface area contributed by atoms with Gasteiger partial charge in [-0.1, -0.05) is 12.1 Å². The van der Waals surface area contributed by atoms with Crippen LogP contribution < -0.4 is 5.32 Å². The number of hydrogen-bond acceptors (Lipinski definition) is 5. The Balaban J connectivity index is 1.22. The van der Waals surface area contributed by atoms with Gasteiger partial charge in [0.15, 0.2) is 9.84 Å². The molecule has 0 radical (unpaired) electrons. The van der Waals surface area contributed by atoms with Crippen molar-refractivity contribution in [1.82, 2.24) is 14.5 Å². The lowest BCUT2D eigenvalue weighted by atomic mass is 9.96. The Kier molecular flexibility index (Phi) is 4.90. The van der Waals surface area contributed by atoms with E-state index in [1.54, 1.807) is 10.9 Å². The van der Waals surface area contributed by atoms with E-state index in [9.17, 15) is 22.0 Å². The van der Waals surface area contributed by atoms with Crippen LogP contribution in [-0.2, 0) is 21.1 Å². The van der Waals surface area contributed by atoms with Gasteiger partial charge in [-0.3, -0.25) is 0 Å². The van der Waals surface area contributed by atoms with Crippen molar-refractivity contribution in [2.75, 3.05) is 30.8 Å². The standard InChI is InChI=1S/C21H20F2N4O4S/c22-14-5-6-17(16(23)7-14)25-20(28)27-10-21(11-27)12-32(29,30)15(9-31-21)8-26-13-24-18-3-1-2-4-19(18)26/h1-7,13,15H,8-12H2,(H,25,28)/t15-/m0/s1. The molecule has 11 heteroatoms. The van der Waals surface area contributed by atoms with Gasteiger partial charge in [0.25, 0.3) is 0 Å². The topological polar surface area (TPSA) is 93.5 Å². The summed E-state index contributed by atoms with van der Waals surface area (Å²) in [6, 6.07) is 9.72. The van der Waals surface area contributed by atoms with E-state index in [1.807, 2.05) is 24.3 Å². The highest BCUT2D eigenvalue weighted by molar-refractivity contribution is 7.92. The number of amides is 2. The van der Waals surface area contributed by atoms with Crippen molar-refractivity contribution in [3.8, 4) is 0 Å². The fraction of sp³-hybridized carbons (Fsp3) is 0.333. The number of halogens is 2. The fourth-order valence-electron chi connectivity index (χ4n) is 4.20. The summed E-state index contributed by atoms with van der Waals surface area (Å²) in [6.07, 6.45) is 1.62. The number of rotatable bonds is 3. The molecule has 32 heavy (non-hydrogen) atoms.